The number of nitrogens with one attached hydrogen (secondary N) is 2. The molecule has 0 saturated heterocycles. The van der Waals surface area contributed by atoms with Crippen LogP contribution in [0.1, 0.15) is 0 Å². The van der Waals surface area contributed by atoms with Crippen molar-refractivity contribution in [3.05, 3.63) is 37.9 Å². The molecule has 1 aromatic heterocycles. The van der Waals surface area contributed by atoms with Crippen molar-refractivity contribution in [2.24, 2.45) is 0 Å². The summed E-state index contributed by atoms with van der Waals surface area (Å²) < 4.78 is 2.74. The number of nitrogens with zero attached hydrogens (tertiary/aromatic N) is 2. The van der Waals surface area contributed by atoms with Crippen molar-refractivity contribution in [1.29, 1.82) is 0 Å². The van der Waals surface area contributed by atoms with Gasteiger partial charge in [0.05, 0.1) is 5.69 Å². The number of hydrogen-bond donors (Lipinski definition) is 2. The van der Waals surface area contributed by atoms with Gasteiger partial charge in [0.25, 0.3) is 0 Å². The van der Waals surface area contributed by atoms with Crippen molar-refractivity contribution in [2.45, 2.75) is 0 Å². The first kappa shape index (κ1) is 13.8. The predicted molar refractivity (Wildman–Crippen MR) is 84.4 cm³/mol. The molecule has 94 valence electrons. The lowest BCUT2D eigenvalue weighted by Crippen LogP contribution is -2.00. The van der Waals surface area contributed by atoms with E-state index in [1.165, 1.54) is 6.33 Å². The molecule has 0 unspecified atom stereocenters. The molecule has 0 fully saturated rings. The van der Waals surface area contributed by atoms with E-state index in [-0.39, 0.29) is 0 Å². The first-order chi connectivity index (χ1) is 8.61. The molecule has 2 aromatic rings. The topological polar surface area (TPSA) is 49.8 Å². The fourth-order valence-corrected chi connectivity index (χ4v) is 2.56. The van der Waals surface area contributed by atoms with E-state index in [0.717, 1.165) is 24.9 Å². The third kappa shape index (κ3) is 3.02. The van der Waals surface area contributed by atoms with Gasteiger partial charge in [0.1, 0.15) is 22.4 Å². The molecule has 0 bridgehead atoms. The van der Waals surface area contributed by atoms with Gasteiger partial charge in [-0.05, 0) is 50.1 Å². The second kappa shape index (κ2) is 5.99. The molecule has 0 aliphatic rings. The Morgan fingerprint density at radius 2 is 1.78 bits per heavy atom. The van der Waals surface area contributed by atoms with Crippen molar-refractivity contribution in [1.82, 2.24) is 9.97 Å². The molecule has 0 saturated carbocycles. The quantitative estimate of drug-likeness (QED) is 0.741. The molecule has 0 amide bonds. The van der Waals surface area contributed by atoms with E-state index in [0.29, 0.717) is 5.82 Å². The van der Waals surface area contributed by atoms with E-state index >= 15 is 0 Å². The highest BCUT2D eigenvalue weighted by molar-refractivity contribution is 9.11. The van der Waals surface area contributed by atoms with Crippen molar-refractivity contribution in [2.75, 3.05) is 17.7 Å². The molecule has 4 nitrogen and oxygen atoms in total. The third-order valence-corrected chi connectivity index (χ3v) is 4.14. The minimum Gasteiger partial charge on any atom is -0.372 e. The second-order valence-corrected chi connectivity index (χ2v) is 5.95. The zero-order chi connectivity index (χ0) is 13.1. The standard InChI is InChI=1S/C11H9Br3N4/c1-15-10-9(14)11(17-5-16-10)18-8-4-6(12)2-3-7(8)13/h2-5H,1H3,(H2,15,16,17,18). The summed E-state index contributed by atoms with van der Waals surface area (Å²) in [6, 6.07) is 5.89. The van der Waals surface area contributed by atoms with E-state index in [4.69, 9.17) is 0 Å². The molecular formula is C11H9Br3N4. The second-order valence-electron chi connectivity index (χ2n) is 3.38. The minimum absolute atomic E-state index is 0.702. The molecule has 2 N–H and O–H groups in total. The summed E-state index contributed by atoms with van der Waals surface area (Å²) in [5.74, 6) is 1.44. The summed E-state index contributed by atoms with van der Waals surface area (Å²) in [6.07, 6.45) is 1.50. The highest BCUT2D eigenvalue weighted by atomic mass is 79.9. The summed E-state index contributed by atoms with van der Waals surface area (Å²) in [5.41, 5.74) is 0.922. The van der Waals surface area contributed by atoms with E-state index < -0.39 is 0 Å². The number of hydrogen-bond acceptors (Lipinski definition) is 4. The number of anilines is 3. The van der Waals surface area contributed by atoms with Gasteiger partial charge in [0, 0.05) is 16.0 Å². The Hall–Kier alpha value is -0.660. The van der Waals surface area contributed by atoms with E-state index in [2.05, 4.69) is 68.4 Å². The molecule has 0 spiro atoms. The van der Waals surface area contributed by atoms with Gasteiger partial charge in [-0.25, -0.2) is 9.97 Å². The van der Waals surface area contributed by atoms with Gasteiger partial charge in [0.2, 0.25) is 0 Å². The van der Waals surface area contributed by atoms with Gasteiger partial charge in [-0.3, -0.25) is 0 Å². The summed E-state index contributed by atoms with van der Waals surface area (Å²) in [7, 11) is 1.81. The van der Waals surface area contributed by atoms with E-state index in [1.54, 1.807) is 0 Å². The van der Waals surface area contributed by atoms with Gasteiger partial charge >= 0.3 is 0 Å². The Bertz CT molecular complexity index is 574. The molecular weight excluding hydrogens is 428 g/mol. The Morgan fingerprint density at radius 3 is 2.50 bits per heavy atom. The van der Waals surface area contributed by atoms with Gasteiger partial charge in [-0.2, -0.15) is 0 Å². The zero-order valence-corrected chi connectivity index (χ0v) is 14.1. The molecule has 1 aromatic carbocycles. The number of rotatable bonds is 3. The molecule has 0 aliphatic carbocycles. The average Bonchev–Trinajstić information content (AvgIpc) is 2.36. The summed E-state index contributed by atoms with van der Waals surface area (Å²) >= 11 is 10.4. The summed E-state index contributed by atoms with van der Waals surface area (Å²) in [5, 5.41) is 6.23. The van der Waals surface area contributed by atoms with Crippen LogP contribution < -0.4 is 10.6 Å². The first-order valence-electron chi connectivity index (χ1n) is 5.02. The van der Waals surface area contributed by atoms with Gasteiger partial charge in [0.15, 0.2) is 0 Å². The van der Waals surface area contributed by atoms with Crippen LogP contribution in [0.4, 0.5) is 17.3 Å². The van der Waals surface area contributed by atoms with Crippen LogP contribution in [0.5, 0.6) is 0 Å². The molecule has 0 radical (unpaired) electrons. The van der Waals surface area contributed by atoms with Gasteiger partial charge in [-0.15, -0.1) is 0 Å². The summed E-state index contributed by atoms with van der Waals surface area (Å²) in [4.78, 5) is 8.32. The molecule has 1 heterocycles. The largest absolute Gasteiger partial charge is 0.372 e. The monoisotopic (exact) mass is 434 g/mol. The van der Waals surface area contributed by atoms with Crippen LogP contribution in [-0.2, 0) is 0 Å². The lowest BCUT2D eigenvalue weighted by molar-refractivity contribution is 1.14. The Balaban J connectivity index is 2.37. The normalized spacial score (nSPS) is 10.2. The van der Waals surface area contributed by atoms with Crippen molar-refractivity contribution >= 4 is 65.1 Å². The van der Waals surface area contributed by atoms with Crippen LogP contribution in [0.2, 0.25) is 0 Å². The van der Waals surface area contributed by atoms with Crippen LogP contribution in [0, 0.1) is 0 Å². The van der Waals surface area contributed by atoms with Crippen LogP contribution in [0.25, 0.3) is 0 Å². The van der Waals surface area contributed by atoms with Crippen molar-refractivity contribution < 1.29 is 0 Å². The highest BCUT2D eigenvalue weighted by Gasteiger charge is 2.09. The van der Waals surface area contributed by atoms with Crippen LogP contribution in [0.3, 0.4) is 0 Å². The number of halogens is 3. The SMILES string of the molecule is CNc1ncnc(Nc2cc(Br)ccc2Br)c1Br. The molecule has 18 heavy (non-hydrogen) atoms. The van der Waals surface area contributed by atoms with Crippen molar-refractivity contribution in [3.8, 4) is 0 Å². The third-order valence-electron chi connectivity index (χ3n) is 2.21. The smallest absolute Gasteiger partial charge is 0.150 e. The predicted octanol–water partition coefficient (Wildman–Crippen LogP) is 4.55. The lowest BCUT2D eigenvalue weighted by atomic mass is 10.3. The Kier molecular flexibility index (Phi) is 4.58. The maximum Gasteiger partial charge on any atom is 0.150 e. The van der Waals surface area contributed by atoms with E-state index in [9.17, 15) is 0 Å². The number of aromatic nitrogens is 2. The Labute approximate surface area is 130 Å². The van der Waals surface area contributed by atoms with Gasteiger partial charge < -0.3 is 10.6 Å². The van der Waals surface area contributed by atoms with Crippen LogP contribution in [-0.4, -0.2) is 17.0 Å². The van der Waals surface area contributed by atoms with Crippen molar-refractivity contribution in [3.63, 3.8) is 0 Å². The first-order valence-corrected chi connectivity index (χ1v) is 7.40. The maximum absolute atomic E-state index is 4.21. The average molecular weight is 437 g/mol. The molecule has 2 rings (SSSR count). The molecule has 7 heteroatoms. The highest BCUT2D eigenvalue weighted by Crippen LogP contribution is 2.32. The fraction of sp³-hybridized carbons (Fsp3) is 0.0909. The zero-order valence-electron chi connectivity index (χ0n) is 9.34. The van der Waals surface area contributed by atoms with Crippen LogP contribution >= 0.6 is 47.8 Å². The maximum atomic E-state index is 4.21. The minimum atomic E-state index is 0.702. The number of benzene rings is 1. The van der Waals surface area contributed by atoms with Crippen LogP contribution in [0.15, 0.2) is 37.9 Å². The molecule has 0 atom stereocenters. The Morgan fingerprint density at radius 1 is 1.06 bits per heavy atom. The fourth-order valence-electron chi connectivity index (χ4n) is 1.35. The summed E-state index contributed by atoms with van der Waals surface area (Å²) in [6.45, 7) is 0. The lowest BCUT2D eigenvalue weighted by Gasteiger charge is -2.11. The molecule has 0 aliphatic heterocycles. The van der Waals surface area contributed by atoms with Gasteiger partial charge in [-0.1, -0.05) is 15.9 Å². The van der Waals surface area contributed by atoms with E-state index in [1.807, 2.05) is 25.2 Å².